The zero-order chi connectivity index (χ0) is 19.8. The van der Waals surface area contributed by atoms with E-state index >= 15 is 0 Å². The smallest absolute Gasteiger partial charge is 0.317 e. The van der Waals surface area contributed by atoms with Gasteiger partial charge in [-0.15, -0.1) is 0 Å². The second kappa shape index (κ2) is 9.88. The highest BCUT2D eigenvalue weighted by molar-refractivity contribution is 5.79. The Kier molecular flexibility index (Phi) is 7.00. The number of benzene rings is 2. The summed E-state index contributed by atoms with van der Waals surface area (Å²) >= 11 is 0. The third kappa shape index (κ3) is 5.81. The highest BCUT2D eigenvalue weighted by Crippen LogP contribution is 2.17. The third-order valence-corrected chi connectivity index (χ3v) is 5.04. The monoisotopic (exact) mass is 383 g/mol. The lowest BCUT2D eigenvalue weighted by Gasteiger charge is -2.31. The summed E-state index contributed by atoms with van der Waals surface area (Å²) in [6, 6.07) is 16.1. The van der Waals surface area contributed by atoms with Crippen LogP contribution in [0, 0.1) is 11.7 Å². The van der Waals surface area contributed by atoms with Crippen molar-refractivity contribution in [1.82, 2.24) is 15.5 Å². The van der Waals surface area contributed by atoms with Gasteiger partial charge in [-0.1, -0.05) is 42.5 Å². The molecule has 148 valence electrons. The zero-order valence-electron chi connectivity index (χ0n) is 15.9. The molecule has 6 heteroatoms. The van der Waals surface area contributed by atoms with Crippen LogP contribution in [0.1, 0.15) is 24.0 Å². The Hall–Kier alpha value is -2.89. The van der Waals surface area contributed by atoms with Gasteiger partial charge in [0.05, 0.1) is 0 Å². The van der Waals surface area contributed by atoms with Gasteiger partial charge in [0.1, 0.15) is 5.82 Å². The SMILES string of the molecule is O=C(NCc1ccccc1)C1CCN(C(=O)NCCc2cccc(F)c2)CC1. The van der Waals surface area contributed by atoms with Crippen LogP contribution in [0.4, 0.5) is 9.18 Å². The molecule has 0 atom stereocenters. The van der Waals surface area contributed by atoms with Crippen molar-refractivity contribution in [3.05, 3.63) is 71.5 Å². The van der Waals surface area contributed by atoms with Crippen LogP contribution >= 0.6 is 0 Å². The highest BCUT2D eigenvalue weighted by Gasteiger charge is 2.27. The first kappa shape index (κ1) is 19.9. The molecule has 0 aromatic heterocycles. The fourth-order valence-electron chi connectivity index (χ4n) is 3.39. The number of hydrogen-bond acceptors (Lipinski definition) is 2. The summed E-state index contributed by atoms with van der Waals surface area (Å²) < 4.78 is 13.2. The third-order valence-electron chi connectivity index (χ3n) is 5.04. The van der Waals surface area contributed by atoms with Crippen LogP contribution < -0.4 is 10.6 Å². The van der Waals surface area contributed by atoms with Gasteiger partial charge in [-0.05, 0) is 42.5 Å². The first-order chi connectivity index (χ1) is 13.6. The molecule has 28 heavy (non-hydrogen) atoms. The summed E-state index contributed by atoms with van der Waals surface area (Å²) in [6.45, 7) is 2.12. The Labute approximate surface area is 164 Å². The number of hydrogen-bond donors (Lipinski definition) is 2. The lowest BCUT2D eigenvalue weighted by molar-refractivity contribution is -0.126. The lowest BCUT2D eigenvalue weighted by Crippen LogP contribution is -2.47. The van der Waals surface area contributed by atoms with Crippen molar-refractivity contribution >= 4 is 11.9 Å². The zero-order valence-corrected chi connectivity index (χ0v) is 15.9. The van der Waals surface area contributed by atoms with Crippen molar-refractivity contribution in [2.24, 2.45) is 5.92 Å². The number of rotatable bonds is 6. The van der Waals surface area contributed by atoms with Gasteiger partial charge in [0.25, 0.3) is 0 Å². The number of nitrogens with zero attached hydrogens (tertiary/aromatic N) is 1. The number of carbonyl (C=O) groups is 2. The first-order valence-electron chi connectivity index (χ1n) is 9.70. The second-order valence-electron chi connectivity index (χ2n) is 7.08. The van der Waals surface area contributed by atoms with E-state index in [1.165, 1.54) is 12.1 Å². The molecule has 3 rings (SSSR count). The van der Waals surface area contributed by atoms with E-state index in [1.54, 1.807) is 11.0 Å². The van der Waals surface area contributed by atoms with Gasteiger partial charge < -0.3 is 15.5 Å². The minimum absolute atomic E-state index is 0.0509. The number of amides is 3. The molecule has 2 aromatic carbocycles. The van der Waals surface area contributed by atoms with Gasteiger partial charge in [-0.3, -0.25) is 4.79 Å². The van der Waals surface area contributed by atoms with Gasteiger partial charge in [0, 0.05) is 32.1 Å². The molecule has 1 aliphatic rings. The van der Waals surface area contributed by atoms with Crippen molar-refractivity contribution in [2.75, 3.05) is 19.6 Å². The van der Waals surface area contributed by atoms with Crippen LogP contribution in [0.25, 0.3) is 0 Å². The molecule has 1 heterocycles. The second-order valence-corrected chi connectivity index (χ2v) is 7.08. The normalized spacial score (nSPS) is 14.5. The molecule has 1 aliphatic heterocycles. The lowest BCUT2D eigenvalue weighted by atomic mass is 9.96. The van der Waals surface area contributed by atoms with E-state index in [4.69, 9.17) is 0 Å². The average Bonchev–Trinajstić information content (AvgIpc) is 2.73. The van der Waals surface area contributed by atoms with E-state index in [0.717, 1.165) is 11.1 Å². The molecule has 0 unspecified atom stereocenters. The molecule has 5 nitrogen and oxygen atoms in total. The number of carbonyl (C=O) groups excluding carboxylic acids is 2. The standard InChI is InChI=1S/C22H26FN3O2/c23-20-8-4-7-17(15-20)9-12-24-22(28)26-13-10-19(11-14-26)21(27)25-16-18-5-2-1-3-6-18/h1-8,15,19H,9-14,16H2,(H,24,28)(H,25,27). The van der Waals surface area contributed by atoms with Gasteiger partial charge in [-0.2, -0.15) is 0 Å². The Morgan fingerprint density at radius 1 is 0.964 bits per heavy atom. The predicted octanol–water partition coefficient (Wildman–Crippen LogP) is 3.11. The maximum atomic E-state index is 13.2. The summed E-state index contributed by atoms with van der Waals surface area (Å²) in [5.74, 6) is -0.272. The number of likely N-dealkylation sites (tertiary alicyclic amines) is 1. The maximum absolute atomic E-state index is 13.2. The fourth-order valence-corrected chi connectivity index (χ4v) is 3.39. The van der Waals surface area contributed by atoms with E-state index in [2.05, 4.69) is 10.6 Å². The Morgan fingerprint density at radius 2 is 1.68 bits per heavy atom. The maximum Gasteiger partial charge on any atom is 0.317 e. The highest BCUT2D eigenvalue weighted by atomic mass is 19.1. The van der Waals surface area contributed by atoms with Crippen molar-refractivity contribution < 1.29 is 14.0 Å². The molecule has 0 radical (unpaired) electrons. The fraction of sp³-hybridized carbons (Fsp3) is 0.364. The molecule has 2 N–H and O–H groups in total. The van der Waals surface area contributed by atoms with Gasteiger partial charge in [0.2, 0.25) is 5.91 Å². The summed E-state index contributed by atoms with van der Waals surface area (Å²) in [7, 11) is 0. The number of urea groups is 1. The molecule has 1 saturated heterocycles. The quantitative estimate of drug-likeness (QED) is 0.805. The summed E-state index contributed by atoms with van der Waals surface area (Å²) in [4.78, 5) is 26.4. The van der Waals surface area contributed by atoms with Crippen LogP contribution in [0.2, 0.25) is 0 Å². The van der Waals surface area contributed by atoms with Crippen LogP contribution in [0.15, 0.2) is 54.6 Å². The molecular weight excluding hydrogens is 357 g/mol. The van der Waals surface area contributed by atoms with Crippen molar-refractivity contribution in [2.45, 2.75) is 25.8 Å². The summed E-state index contributed by atoms with van der Waals surface area (Å²) in [6.07, 6.45) is 1.91. The largest absolute Gasteiger partial charge is 0.352 e. The van der Waals surface area contributed by atoms with Crippen LogP contribution in [-0.4, -0.2) is 36.5 Å². The Morgan fingerprint density at radius 3 is 2.39 bits per heavy atom. The molecular formula is C22H26FN3O2. The van der Waals surface area contributed by atoms with E-state index in [1.807, 2.05) is 36.4 Å². The number of nitrogens with one attached hydrogen (secondary N) is 2. The number of piperidine rings is 1. The van der Waals surface area contributed by atoms with Crippen LogP contribution in [0.5, 0.6) is 0 Å². The molecule has 0 aliphatic carbocycles. The van der Waals surface area contributed by atoms with Crippen molar-refractivity contribution in [3.63, 3.8) is 0 Å². The Bertz CT molecular complexity index is 789. The molecule has 0 bridgehead atoms. The minimum atomic E-state index is -0.267. The molecule has 2 aromatic rings. The van der Waals surface area contributed by atoms with Gasteiger partial charge >= 0.3 is 6.03 Å². The minimum Gasteiger partial charge on any atom is -0.352 e. The average molecular weight is 383 g/mol. The van der Waals surface area contributed by atoms with E-state index < -0.39 is 0 Å². The molecule has 3 amide bonds. The van der Waals surface area contributed by atoms with Crippen LogP contribution in [0.3, 0.4) is 0 Å². The van der Waals surface area contributed by atoms with Gasteiger partial charge in [-0.25, -0.2) is 9.18 Å². The Balaban J connectivity index is 1.35. The molecule has 1 fully saturated rings. The molecule has 0 saturated carbocycles. The molecule has 0 spiro atoms. The number of halogens is 1. The summed E-state index contributed by atoms with van der Waals surface area (Å²) in [5, 5.41) is 5.86. The van der Waals surface area contributed by atoms with Crippen LogP contribution in [-0.2, 0) is 17.8 Å². The van der Waals surface area contributed by atoms with E-state index in [0.29, 0.717) is 45.4 Å². The predicted molar refractivity (Wildman–Crippen MR) is 106 cm³/mol. The van der Waals surface area contributed by atoms with E-state index in [-0.39, 0.29) is 23.7 Å². The van der Waals surface area contributed by atoms with E-state index in [9.17, 15) is 14.0 Å². The topological polar surface area (TPSA) is 61.4 Å². The summed E-state index contributed by atoms with van der Waals surface area (Å²) in [5.41, 5.74) is 1.93. The van der Waals surface area contributed by atoms with Gasteiger partial charge in [0.15, 0.2) is 0 Å². The first-order valence-corrected chi connectivity index (χ1v) is 9.70. The van der Waals surface area contributed by atoms with Crippen molar-refractivity contribution in [1.29, 1.82) is 0 Å². The van der Waals surface area contributed by atoms with Crippen molar-refractivity contribution in [3.8, 4) is 0 Å².